The lowest BCUT2D eigenvalue weighted by atomic mass is 10.1. The van der Waals surface area contributed by atoms with E-state index in [4.69, 9.17) is 23.2 Å². The molecule has 0 saturated heterocycles. The minimum Gasteiger partial charge on any atom is -0.326 e. The number of benzene rings is 1. The van der Waals surface area contributed by atoms with Crippen LogP contribution in [0.4, 0.5) is 5.69 Å². The van der Waals surface area contributed by atoms with Gasteiger partial charge in [0.1, 0.15) is 0 Å². The molecule has 0 aliphatic rings. The maximum absolute atomic E-state index is 11.0. The summed E-state index contributed by atoms with van der Waals surface area (Å²) in [4.78, 5) is 32.7. The van der Waals surface area contributed by atoms with Gasteiger partial charge in [0.2, 0.25) is 5.91 Å². The van der Waals surface area contributed by atoms with Gasteiger partial charge in [-0.25, -0.2) is 0 Å². The standard InChI is InChI=1S/C10H7Cl2NO3/c1-5(14)13-8-3-6(9(11)15)2-7(4-8)10(12)16/h2-4H,1H3,(H,13,14). The van der Waals surface area contributed by atoms with Crippen LogP contribution >= 0.6 is 23.2 Å². The fraction of sp³-hybridized carbons (Fsp3) is 0.100. The maximum Gasteiger partial charge on any atom is 0.252 e. The zero-order valence-electron chi connectivity index (χ0n) is 8.21. The van der Waals surface area contributed by atoms with Gasteiger partial charge in [0.15, 0.2) is 0 Å². The van der Waals surface area contributed by atoms with E-state index in [-0.39, 0.29) is 17.0 Å². The number of carbonyl (C=O) groups is 3. The Morgan fingerprint density at radius 3 is 1.75 bits per heavy atom. The highest BCUT2D eigenvalue weighted by molar-refractivity contribution is 6.69. The first-order chi connectivity index (χ1) is 7.40. The fourth-order valence-electron chi connectivity index (χ4n) is 1.13. The molecule has 0 heterocycles. The minimum absolute atomic E-state index is 0.0944. The summed E-state index contributed by atoms with van der Waals surface area (Å²) in [6.45, 7) is 1.30. The van der Waals surface area contributed by atoms with E-state index >= 15 is 0 Å². The average Bonchev–Trinajstić information content (AvgIpc) is 2.15. The van der Waals surface area contributed by atoms with Crippen molar-refractivity contribution in [2.75, 3.05) is 5.32 Å². The van der Waals surface area contributed by atoms with Gasteiger partial charge >= 0.3 is 0 Å². The van der Waals surface area contributed by atoms with Gasteiger partial charge in [-0.05, 0) is 41.4 Å². The summed E-state index contributed by atoms with van der Waals surface area (Å²) in [6.07, 6.45) is 0. The van der Waals surface area contributed by atoms with E-state index in [2.05, 4.69) is 5.32 Å². The van der Waals surface area contributed by atoms with Crippen molar-refractivity contribution in [3.63, 3.8) is 0 Å². The van der Waals surface area contributed by atoms with E-state index in [0.717, 1.165) is 0 Å². The Morgan fingerprint density at radius 2 is 1.44 bits per heavy atom. The second kappa shape index (κ2) is 5.09. The fourth-order valence-corrected chi connectivity index (χ4v) is 1.35. The molecule has 1 amide bonds. The molecule has 16 heavy (non-hydrogen) atoms. The third-order valence-electron chi connectivity index (χ3n) is 1.71. The number of carbonyl (C=O) groups excluding carboxylic acids is 3. The van der Waals surface area contributed by atoms with E-state index in [1.807, 2.05) is 0 Å². The van der Waals surface area contributed by atoms with Crippen LogP contribution in [-0.4, -0.2) is 16.4 Å². The van der Waals surface area contributed by atoms with Crippen LogP contribution in [0.1, 0.15) is 27.6 Å². The molecular weight excluding hydrogens is 253 g/mol. The van der Waals surface area contributed by atoms with E-state index in [1.165, 1.54) is 25.1 Å². The third-order valence-corrected chi connectivity index (χ3v) is 2.14. The monoisotopic (exact) mass is 259 g/mol. The number of amides is 1. The highest BCUT2D eigenvalue weighted by Gasteiger charge is 2.10. The third kappa shape index (κ3) is 3.32. The Morgan fingerprint density at radius 1 is 1.00 bits per heavy atom. The van der Waals surface area contributed by atoms with Crippen LogP contribution in [0.25, 0.3) is 0 Å². The highest BCUT2D eigenvalue weighted by Crippen LogP contribution is 2.18. The van der Waals surface area contributed by atoms with Gasteiger partial charge in [-0.2, -0.15) is 0 Å². The normalized spacial score (nSPS) is 9.69. The number of anilines is 1. The average molecular weight is 260 g/mol. The quantitative estimate of drug-likeness (QED) is 0.848. The molecule has 1 rings (SSSR count). The summed E-state index contributed by atoms with van der Waals surface area (Å²) in [5.74, 6) is -0.327. The van der Waals surface area contributed by atoms with Crippen molar-refractivity contribution >= 4 is 45.3 Å². The van der Waals surface area contributed by atoms with Crippen molar-refractivity contribution in [2.24, 2.45) is 0 Å². The smallest absolute Gasteiger partial charge is 0.252 e. The van der Waals surface area contributed by atoms with Crippen LogP contribution in [-0.2, 0) is 4.79 Å². The molecule has 0 aliphatic carbocycles. The van der Waals surface area contributed by atoms with Gasteiger partial charge in [0.25, 0.3) is 10.5 Å². The molecule has 0 saturated carbocycles. The van der Waals surface area contributed by atoms with E-state index < -0.39 is 10.5 Å². The number of rotatable bonds is 3. The first-order valence-electron chi connectivity index (χ1n) is 4.22. The van der Waals surface area contributed by atoms with Gasteiger partial charge in [0.05, 0.1) is 0 Å². The van der Waals surface area contributed by atoms with Gasteiger partial charge in [-0.15, -0.1) is 0 Å². The van der Waals surface area contributed by atoms with Gasteiger partial charge < -0.3 is 5.32 Å². The summed E-state index contributed by atoms with van der Waals surface area (Å²) in [5, 5.41) is 0.974. The second-order valence-corrected chi connectivity index (χ2v) is 3.71. The summed E-state index contributed by atoms with van der Waals surface area (Å²) in [5.41, 5.74) is 0.483. The molecular formula is C10H7Cl2NO3. The largest absolute Gasteiger partial charge is 0.326 e. The van der Waals surface area contributed by atoms with Crippen molar-refractivity contribution in [2.45, 2.75) is 6.92 Å². The van der Waals surface area contributed by atoms with Crippen molar-refractivity contribution in [1.82, 2.24) is 0 Å². The van der Waals surface area contributed by atoms with Crippen LogP contribution in [0.2, 0.25) is 0 Å². The molecule has 1 aromatic rings. The molecule has 1 aromatic carbocycles. The molecule has 0 aliphatic heterocycles. The Kier molecular flexibility index (Phi) is 4.04. The second-order valence-electron chi connectivity index (χ2n) is 3.03. The van der Waals surface area contributed by atoms with Crippen molar-refractivity contribution < 1.29 is 14.4 Å². The molecule has 0 aromatic heterocycles. The summed E-state index contributed by atoms with van der Waals surface area (Å²) in [6, 6.07) is 3.98. The zero-order chi connectivity index (χ0) is 12.3. The molecule has 84 valence electrons. The molecule has 0 fully saturated rings. The SMILES string of the molecule is CC(=O)Nc1cc(C(=O)Cl)cc(C(=O)Cl)c1. The Balaban J connectivity index is 3.23. The predicted molar refractivity (Wildman–Crippen MR) is 61.1 cm³/mol. The zero-order valence-corrected chi connectivity index (χ0v) is 9.72. The van der Waals surface area contributed by atoms with Crippen LogP contribution in [0.5, 0.6) is 0 Å². The summed E-state index contributed by atoms with van der Waals surface area (Å²) >= 11 is 10.6. The molecule has 0 bridgehead atoms. The van der Waals surface area contributed by atoms with E-state index in [9.17, 15) is 14.4 Å². The first-order valence-corrected chi connectivity index (χ1v) is 4.98. The van der Waals surface area contributed by atoms with Crippen LogP contribution in [0.15, 0.2) is 18.2 Å². The van der Waals surface area contributed by atoms with Crippen LogP contribution < -0.4 is 5.32 Å². The molecule has 4 nitrogen and oxygen atoms in total. The van der Waals surface area contributed by atoms with Crippen molar-refractivity contribution in [3.8, 4) is 0 Å². The number of hydrogen-bond donors (Lipinski definition) is 1. The Hall–Kier alpha value is -1.39. The van der Waals surface area contributed by atoms with Gasteiger partial charge in [-0.1, -0.05) is 0 Å². The number of hydrogen-bond acceptors (Lipinski definition) is 3. The minimum atomic E-state index is -0.730. The molecule has 0 unspecified atom stereocenters. The Bertz CT molecular complexity index is 439. The molecule has 6 heteroatoms. The lowest BCUT2D eigenvalue weighted by molar-refractivity contribution is -0.114. The van der Waals surface area contributed by atoms with Crippen molar-refractivity contribution in [3.05, 3.63) is 29.3 Å². The van der Waals surface area contributed by atoms with Crippen molar-refractivity contribution in [1.29, 1.82) is 0 Å². The van der Waals surface area contributed by atoms with E-state index in [0.29, 0.717) is 5.69 Å². The first kappa shape index (κ1) is 12.7. The highest BCUT2D eigenvalue weighted by atomic mass is 35.5. The predicted octanol–water partition coefficient (Wildman–Crippen LogP) is 2.40. The topological polar surface area (TPSA) is 63.2 Å². The Labute approximate surface area is 102 Å². The van der Waals surface area contributed by atoms with Crippen LogP contribution in [0.3, 0.4) is 0 Å². The molecule has 0 spiro atoms. The van der Waals surface area contributed by atoms with Gasteiger partial charge in [-0.3, -0.25) is 14.4 Å². The summed E-state index contributed by atoms with van der Waals surface area (Å²) in [7, 11) is 0. The van der Waals surface area contributed by atoms with E-state index in [1.54, 1.807) is 0 Å². The number of nitrogens with one attached hydrogen (secondary N) is 1. The van der Waals surface area contributed by atoms with Gasteiger partial charge in [0, 0.05) is 23.7 Å². The lowest BCUT2D eigenvalue weighted by Crippen LogP contribution is -2.07. The number of halogens is 2. The lowest BCUT2D eigenvalue weighted by Gasteiger charge is -2.05. The summed E-state index contributed by atoms with van der Waals surface area (Å²) < 4.78 is 0. The maximum atomic E-state index is 11.0. The molecule has 1 N–H and O–H groups in total. The molecule has 0 atom stereocenters. The molecule has 0 radical (unpaired) electrons. The van der Waals surface area contributed by atoms with Crippen LogP contribution in [0, 0.1) is 0 Å².